The zero-order chi connectivity index (χ0) is 8.81. The summed E-state index contributed by atoms with van der Waals surface area (Å²) in [5.41, 5.74) is 0.426. The molecule has 0 fully saturated rings. The van der Waals surface area contributed by atoms with Crippen LogP contribution in [0, 0.1) is 0 Å². The normalized spacial score (nSPS) is 9.42. The molecule has 0 aliphatic carbocycles. The van der Waals surface area contributed by atoms with Crippen molar-refractivity contribution in [2.24, 2.45) is 0 Å². The van der Waals surface area contributed by atoms with E-state index in [9.17, 15) is 4.79 Å². The molecule has 0 aromatic carbocycles. The van der Waals surface area contributed by atoms with Crippen molar-refractivity contribution in [2.45, 2.75) is 0 Å². The fraction of sp³-hybridized carbons (Fsp3) is 0.250. The van der Waals surface area contributed by atoms with Crippen molar-refractivity contribution >= 4 is 6.29 Å². The number of hydrogen-bond donors (Lipinski definition) is 0. The topological polar surface area (TPSA) is 48.4 Å². The van der Waals surface area contributed by atoms with E-state index in [1.807, 2.05) is 0 Å². The van der Waals surface area contributed by atoms with Crippen LogP contribution in [0.25, 0.3) is 0 Å². The molecule has 0 atom stereocenters. The summed E-state index contributed by atoms with van der Waals surface area (Å²) in [6, 6.07) is 3.30. The van der Waals surface area contributed by atoms with E-state index in [1.165, 1.54) is 7.11 Å². The molecule has 0 aliphatic rings. The Labute approximate surface area is 70.1 Å². The summed E-state index contributed by atoms with van der Waals surface area (Å²) in [5.74, 6) is 0.300. The fourth-order valence-corrected chi connectivity index (χ4v) is 0.728. The first-order valence-electron chi connectivity index (χ1n) is 3.40. The molecular weight excluding hydrogens is 158 g/mol. The Morgan fingerprint density at radius 3 is 3.17 bits per heavy atom. The third-order valence-electron chi connectivity index (χ3n) is 1.24. The molecule has 64 valence electrons. The van der Waals surface area contributed by atoms with E-state index in [0.717, 1.165) is 0 Å². The first-order chi connectivity index (χ1) is 5.88. The van der Waals surface area contributed by atoms with Crippen LogP contribution >= 0.6 is 0 Å². The van der Waals surface area contributed by atoms with E-state index >= 15 is 0 Å². The largest absolute Gasteiger partial charge is 0.450 e. The monoisotopic (exact) mass is 167 g/mol. The van der Waals surface area contributed by atoms with Crippen molar-refractivity contribution in [3.8, 4) is 5.88 Å². The summed E-state index contributed by atoms with van der Waals surface area (Å²) in [6.07, 6.45) is 2.25. The van der Waals surface area contributed by atoms with Gasteiger partial charge in [-0.05, 0) is 12.1 Å². The Balaban J connectivity index is 2.75. The van der Waals surface area contributed by atoms with Crippen LogP contribution in [-0.4, -0.2) is 25.2 Å². The van der Waals surface area contributed by atoms with Crippen LogP contribution in [0.2, 0.25) is 0 Å². The predicted molar refractivity (Wildman–Crippen MR) is 42.1 cm³/mol. The van der Waals surface area contributed by atoms with Gasteiger partial charge in [0.15, 0.2) is 13.1 Å². The zero-order valence-electron chi connectivity index (χ0n) is 6.69. The van der Waals surface area contributed by atoms with Gasteiger partial charge in [0.2, 0.25) is 5.88 Å². The number of methoxy groups -OCH3 is 1. The maximum atomic E-state index is 10.4. The number of carbonyl (C=O) groups is 1. The van der Waals surface area contributed by atoms with Gasteiger partial charge in [-0.2, -0.15) is 0 Å². The highest BCUT2D eigenvalue weighted by molar-refractivity contribution is 5.77. The first-order valence-corrected chi connectivity index (χ1v) is 3.40. The average molecular weight is 167 g/mol. The Bertz CT molecular complexity index is 262. The number of pyridine rings is 1. The second kappa shape index (κ2) is 4.46. The van der Waals surface area contributed by atoms with Crippen molar-refractivity contribution in [3.05, 3.63) is 23.9 Å². The minimum Gasteiger partial charge on any atom is -0.450 e. The van der Waals surface area contributed by atoms with Crippen LogP contribution in [0.5, 0.6) is 5.88 Å². The molecule has 0 unspecified atom stereocenters. The maximum absolute atomic E-state index is 10.4. The maximum Gasteiger partial charge on any atom is 0.226 e. The van der Waals surface area contributed by atoms with Crippen molar-refractivity contribution in [2.75, 3.05) is 13.9 Å². The van der Waals surface area contributed by atoms with Crippen LogP contribution in [0.3, 0.4) is 0 Å². The van der Waals surface area contributed by atoms with Gasteiger partial charge in [0.25, 0.3) is 0 Å². The number of hydrogen-bond acceptors (Lipinski definition) is 4. The lowest BCUT2D eigenvalue weighted by molar-refractivity contribution is 0.0472. The molecule has 0 radical (unpaired) electrons. The Kier molecular flexibility index (Phi) is 3.22. The molecule has 4 nitrogen and oxygen atoms in total. The van der Waals surface area contributed by atoms with Crippen LogP contribution in [0.1, 0.15) is 10.4 Å². The van der Waals surface area contributed by atoms with Gasteiger partial charge in [-0.1, -0.05) is 0 Å². The standard InChI is InChI=1S/C8H9NO3/c1-11-6-12-8-7(5-10)3-2-4-9-8/h2-5H,6H2,1H3. The summed E-state index contributed by atoms with van der Waals surface area (Å²) in [7, 11) is 1.50. The van der Waals surface area contributed by atoms with Gasteiger partial charge in [-0.3, -0.25) is 4.79 Å². The Morgan fingerprint density at radius 2 is 2.50 bits per heavy atom. The third kappa shape index (κ3) is 2.03. The molecule has 0 spiro atoms. The summed E-state index contributed by atoms with van der Waals surface area (Å²) in [4.78, 5) is 14.3. The average Bonchev–Trinajstić information content (AvgIpc) is 2.15. The molecule has 0 saturated carbocycles. The number of ether oxygens (including phenoxy) is 2. The van der Waals surface area contributed by atoms with Crippen molar-refractivity contribution < 1.29 is 14.3 Å². The second-order valence-corrected chi connectivity index (χ2v) is 2.07. The van der Waals surface area contributed by atoms with Crippen molar-refractivity contribution in [1.29, 1.82) is 0 Å². The molecule has 12 heavy (non-hydrogen) atoms. The minimum absolute atomic E-state index is 0.0951. The van der Waals surface area contributed by atoms with E-state index in [1.54, 1.807) is 18.3 Å². The SMILES string of the molecule is COCOc1ncccc1C=O. The van der Waals surface area contributed by atoms with Gasteiger partial charge in [-0.15, -0.1) is 0 Å². The summed E-state index contributed by atoms with van der Waals surface area (Å²) in [6.45, 7) is 0.0951. The number of rotatable bonds is 4. The molecule has 1 aromatic rings. The molecule has 1 rings (SSSR count). The molecule has 0 bridgehead atoms. The molecule has 0 saturated heterocycles. The lowest BCUT2D eigenvalue weighted by atomic mass is 10.3. The van der Waals surface area contributed by atoms with E-state index in [4.69, 9.17) is 4.74 Å². The van der Waals surface area contributed by atoms with Gasteiger partial charge in [-0.25, -0.2) is 4.98 Å². The molecule has 0 amide bonds. The zero-order valence-corrected chi connectivity index (χ0v) is 6.69. The van der Waals surface area contributed by atoms with Crippen molar-refractivity contribution in [3.63, 3.8) is 0 Å². The number of aldehydes is 1. The van der Waals surface area contributed by atoms with Gasteiger partial charge in [0.05, 0.1) is 5.56 Å². The summed E-state index contributed by atoms with van der Waals surface area (Å²) in [5, 5.41) is 0. The Morgan fingerprint density at radius 1 is 1.67 bits per heavy atom. The summed E-state index contributed by atoms with van der Waals surface area (Å²) >= 11 is 0. The molecule has 0 N–H and O–H groups in total. The highest BCUT2D eigenvalue weighted by Crippen LogP contribution is 2.10. The smallest absolute Gasteiger partial charge is 0.226 e. The van der Waals surface area contributed by atoms with E-state index < -0.39 is 0 Å². The van der Waals surface area contributed by atoms with Gasteiger partial charge >= 0.3 is 0 Å². The van der Waals surface area contributed by atoms with Crippen molar-refractivity contribution in [1.82, 2.24) is 4.98 Å². The second-order valence-electron chi connectivity index (χ2n) is 2.07. The third-order valence-corrected chi connectivity index (χ3v) is 1.24. The van der Waals surface area contributed by atoms with E-state index in [0.29, 0.717) is 17.7 Å². The highest BCUT2D eigenvalue weighted by Gasteiger charge is 2.01. The highest BCUT2D eigenvalue weighted by atomic mass is 16.7. The lowest BCUT2D eigenvalue weighted by Crippen LogP contribution is -2.02. The van der Waals surface area contributed by atoms with Crippen LogP contribution in [-0.2, 0) is 4.74 Å². The molecule has 1 heterocycles. The molecule has 0 aliphatic heterocycles. The fourth-order valence-electron chi connectivity index (χ4n) is 0.728. The van der Waals surface area contributed by atoms with Gasteiger partial charge in [0, 0.05) is 13.3 Å². The van der Waals surface area contributed by atoms with Gasteiger partial charge in [0.1, 0.15) is 0 Å². The van der Waals surface area contributed by atoms with E-state index in [-0.39, 0.29) is 6.79 Å². The van der Waals surface area contributed by atoms with Crippen LogP contribution in [0.15, 0.2) is 18.3 Å². The number of nitrogens with zero attached hydrogens (tertiary/aromatic N) is 1. The summed E-state index contributed by atoms with van der Waals surface area (Å²) < 4.78 is 9.68. The lowest BCUT2D eigenvalue weighted by Gasteiger charge is -2.03. The number of aromatic nitrogens is 1. The molecule has 4 heteroatoms. The predicted octanol–water partition coefficient (Wildman–Crippen LogP) is 0.877. The minimum atomic E-state index is 0.0951. The van der Waals surface area contributed by atoms with Crippen LogP contribution in [0.4, 0.5) is 0 Å². The van der Waals surface area contributed by atoms with E-state index in [2.05, 4.69) is 9.72 Å². The van der Waals surface area contributed by atoms with Gasteiger partial charge < -0.3 is 9.47 Å². The molecule has 1 aromatic heterocycles. The number of carbonyl (C=O) groups excluding carboxylic acids is 1. The molecular formula is C8H9NO3. The quantitative estimate of drug-likeness (QED) is 0.493. The Hall–Kier alpha value is -1.42. The van der Waals surface area contributed by atoms with Crippen LogP contribution < -0.4 is 4.74 Å². The first kappa shape index (κ1) is 8.67.